The monoisotopic (exact) mass is 350 g/mol. The molecule has 0 N–H and O–H groups in total. The summed E-state index contributed by atoms with van der Waals surface area (Å²) in [4.78, 5) is 28.6. The van der Waals surface area contributed by atoms with Crippen LogP contribution in [-0.4, -0.2) is 47.8 Å². The van der Waals surface area contributed by atoms with Gasteiger partial charge < -0.3 is 9.80 Å². The molecule has 2 saturated heterocycles. The normalized spacial score (nSPS) is 20.0. The molecule has 1 aromatic rings. The van der Waals surface area contributed by atoms with Crippen molar-refractivity contribution < 1.29 is 18.4 Å². The van der Waals surface area contributed by atoms with E-state index in [-0.39, 0.29) is 23.3 Å². The Kier molecular flexibility index (Phi) is 5.35. The highest BCUT2D eigenvalue weighted by atomic mass is 19.2. The molecule has 2 heterocycles. The van der Waals surface area contributed by atoms with E-state index in [0.717, 1.165) is 38.1 Å². The van der Waals surface area contributed by atoms with Gasteiger partial charge in [0.05, 0.1) is 0 Å². The molecule has 0 bridgehead atoms. The number of benzene rings is 1. The van der Waals surface area contributed by atoms with E-state index in [4.69, 9.17) is 0 Å². The first-order chi connectivity index (χ1) is 12.0. The van der Waals surface area contributed by atoms with Crippen LogP contribution in [0, 0.1) is 23.5 Å². The van der Waals surface area contributed by atoms with Gasteiger partial charge in [0.2, 0.25) is 5.91 Å². The highest BCUT2D eigenvalue weighted by Gasteiger charge is 2.31. The molecule has 0 unspecified atom stereocenters. The second-order valence-corrected chi connectivity index (χ2v) is 7.20. The molecular weight excluding hydrogens is 326 g/mol. The van der Waals surface area contributed by atoms with Crippen molar-refractivity contribution in [2.24, 2.45) is 11.8 Å². The highest BCUT2D eigenvalue weighted by molar-refractivity contribution is 5.94. The van der Waals surface area contributed by atoms with E-state index < -0.39 is 11.6 Å². The number of halogens is 2. The summed E-state index contributed by atoms with van der Waals surface area (Å²) in [7, 11) is 0. The summed E-state index contributed by atoms with van der Waals surface area (Å²) in [6.45, 7) is 4.81. The molecule has 25 heavy (non-hydrogen) atoms. The molecule has 0 aromatic heterocycles. The molecule has 4 nitrogen and oxygen atoms in total. The first-order valence-electron chi connectivity index (χ1n) is 8.99. The van der Waals surface area contributed by atoms with Crippen LogP contribution in [0.2, 0.25) is 0 Å². The number of hydrogen-bond donors (Lipinski definition) is 0. The zero-order valence-corrected chi connectivity index (χ0v) is 14.5. The van der Waals surface area contributed by atoms with E-state index in [0.29, 0.717) is 31.8 Å². The molecule has 2 fully saturated rings. The number of likely N-dealkylation sites (tertiary alicyclic amines) is 2. The molecule has 2 aliphatic heterocycles. The van der Waals surface area contributed by atoms with Gasteiger partial charge in [-0.05, 0) is 49.8 Å². The quantitative estimate of drug-likeness (QED) is 0.822. The molecule has 3 rings (SSSR count). The second kappa shape index (κ2) is 7.50. The maximum atomic E-state index is 13.3. The first kappa shape index (κ1) is 17.8. The summed E-state index contributed by atoms with van der Waals surface area (Å²) in [5.41, 5.74) is 0.147. The van der Waals surface area contributed by atoms with Gasteiger partial charge in [-0.15, -0.1) is 0 Å². The van der Waals surface area contributed by atoms with E-state index in [1.54, 1.807) is 4.90 Å². The van der Waals surface area contributed by atoms with Crippen LogP contribution in [0.1, 0.15) is 43.0 Å². The summed E-state index contributed by atoms with van der Waals surface area (Å²) >= 11 is 0. The third-order valence-electron chi connectivity index (χ3n) is 5.39. The largest absolute Gasteiger partial charge is 0.342 e. The minimum atomic E-state index is -1.02. The van der Waals surface area contributed by atoms with Gasteiger partial charge in [-0.1, -0.05) is 6.92 Å². The second-order valence-electron chi connectivity index (χ2n) is 7.20. The average molecular weight is 350 g/mol. The van der Waals surface area contributed by atoms with Crippen molar-refractivity contribution in [3.8, 4) is 0 Å². The van der Waals surface area contributed by atoms with Crippen molar-refractivity contribution in [1.82, 2.24) is 9.80 Å². The predicted octanol–water partition coefficient (Wildman–Crippen LogP) is 3.08. The van der Waals surface area contributed by atoms with E-state index in [1.165, 1.54) is 6.07 Å². The van der Waals surface area contributed by atoms with Gasteiger partial charge in [-0.25, -0.2) is 8.78 Å². The van der Waals surface area contributed by atoms with Crippen molar-refractivity contribution in [2.75, 3.05) is 26.2 Å². The van der Waals surface area contributed by atoms with Crippen LogP contribution in [-0.2, 0) is 4.79 Å². The average Bonchev–Trinajstić information content (AvgIpc) is 2.63. The Morgan fingerprint density at radius 1 is 0.920 bits per heavy atom. The number of amides is 2. The summed E-state index contributed by atoms with van der Waals surface area (Å²) < 4.78 is 26.3. The minimum Gasteiger partial charge on any atom is -0.342 e. The van der Waals surface area contributed by atoms with Crippen LogP contribution in [0.3, 0.4) is 0 Å². The lowest BCUT2D eigenvalue weighted by atomic mass is 9.92. The minimum absolute atomic E-state index is 0.0394. The SMILES string of the molecule is CC1CCN(C(=O)C2CCN(C(=O)c3ccc(F)c(F)c3)CC2)CC1. The number of nitrogens with zero attached hydrogens (tertiary/aromatic N) is 2. The predicted molar refractivity (Wildman–Crippen MR) is 90.0 cm³/mol. The Morgan fingerprint density at radius 3 is 2.12 bits per heavy atom. The van der Waals surface area contributed by atoms with Gasteiger partial charge in [0.25, 0.3) is 5.91 Å². The number of piperidine rings is 2. The fourth-order valence-electron chi connectivity index (χ4n) is 3.63. The topological polar surface area (TPSA) is 40.6 Å². The van der Waals surface area contributed by atoms with E-state index in [9.17, 15) is 18.4 Å². The highest BCUT2D eigenvalue weighted by Crippen LogP contribution is 2.24. The van der Waals surface area contributed by atoms with E-state index in [2.05, 4.69) is 6.92 Å². The number of rotatable bonds is 2. The number of carbonyl (C=O) groups excluding carboxylic acids is 2. The first-order valence-corrected chi connectivity index (χ1v) is 8.99. The van der Waals surface area contributed by atoms with Gasteiger partial charge in [0, 0.05) is 37.7 Å². The lowest BCUT2D eigenvalue weighted by molar-refractivity contribution is -0.138. The van der Waals surface area contributed by atoms with E-state index >= 15 is 0 Å². The van der Waals surface area contributed by atoms with Crippen molar-refractivity contribution in [3.63, 3.8) is 0 Å². The van der Waals surface area contributed by atoms with Crippen LogP contribution in [0.25, 0.3) is 0 Å². The van der Waals surface area contributed by atoms with Crippen molar-refractivity contribution in [3.05, 3.63) is 35.4 Å². The summed E-state index contributed by atoms with van der Waals surface area (Å²) in [5.74, 6) is -1.45. The molecule has 0 aliphatic carbocycles. The lowest BCUT2D eigenvalue weighted by Crippen LogP contribution is -2.46. The van der Waals surface area contributed by atoms with Gasteiger partial charge in [0.1, 0.15) is 0 Å². The molecule has 2 aliphatic rings. The van der Waals surface area contributed by atoms with Crippen LogP contribution < -0.4 is 0 Å². The summed E-state index contributed by atoms with van der Waals surface area (Å²) in [5, 5.41) is 0. The number of carbonyl (C=O) groups is 2. The van der Waals surface area contributed by atoms with Gasteiger partial charge in [-0.3, -0.25) is 9.59 Å². The molecule has 0 saturated carbocycles. The van der Waals surface area contributed by atoms with Crippen molar-refractivity contribution in [1.29, 1.82) is 0 Å². The Morgan fingerprint density at radius 2 is 1.52 bits per heavy atom. The Hall–Kier alpha value is -1.98. The molecule has 0 spiro atoms. The Bertz CT molecular complexity index is 649. The molecule has 136 valence electrons. The van der Waals surface area contributed by atoms with E-state index in [1.807, 2.05) is 4.90 Å². The standard InChI is InChI=1S/C19H24F2N2O2/c1-13-4-8-22(9-5-13)18(24)14-6-10-23(11-7-14)19(25)15-2-3-16(20)17(21)12-15/h2-3,12-14H,4-11H2,1H3. The van der Waals surface area contributed by atoms with Gasteiger partial charge >= 0.3 is 0 Å². The van der Waals surface area contributed by atoms with Crippen LogP contribution in [0.15, 0.2) is 18.2 Å². The Labute approximate surface area is 146 Å². The maximum absolute atomic E-state index is 13.3. The summed E-state index contributed by atoms with van der Waals surface area (Å²) in [6, 6.07) is 3.20. The Balaban J connectivity index is 1.55. The molecule has 0 radical (unpaired) electrons. The molecule has 6 heteroatoms. The fraction of sp³-hybridized carbons (Fsp3) is 0.579. The van der Waals surface area contributed by atoms with Crippen LogP contribution in [0.5, 0.6) is 0 Å². The third-order valence-corrected chi connectivity index (χ3v) is 5.39. The zero-order valence-electron chi connectivity index (χ0n) is 14.5. The fourth-order valence-corrected chi connectivity index (χ4v) is 3.63. The zero-order chi connectivity index (χ0) is 18.0. The third kappa shape index (κ3) is 3.99. The van der Waals surface area contributed by atoms with Gasteiger partial charge in [-0.2, -0.15) is 0 Å². The van der Waals surface area contributed by atoms with Gasteiger partial charge in [0.15, 0.2) is 11.6 Å². The molecular formula is C19H24F2N2O2. The molecule has 2 amide bonds. The van der Waals surface area contributed by atoms with Crippen molar-refractivity contribution in [2.45, 2.75) is 32.6 Å². The number of hydrogen-bond acceptors (Lipinski definition) is 2. The van der Waals surface area contributed by atoms with Crippen LogP contribution in [0.4, 0.5) is 8.78 Å². The summed E-state index contributed by atoms with van der Waals surface area (Å²) in [6.07, 6.45) is 3.36. The molecule has 0 atom stereocenters. The lowest BCUT2D eigenvalue weighted by Gasteiger charge is -2.36. The molecule has 1 aromatic carbocycles. The van der Waals surface area contributed by atoms with Crippen LogP contribution >= 0.6 is 0 Å². The van der Waals surface area contributed by atoms with Crippen molar-refractivity contribution >= 4 is 11.8 Å². The smallest absolute Gasteiger partial charge is 0.253 e. The maximum Gasteiger partial charge on any atom is 0.253 e.